The molecule has 0 aliphatic carbocycles. The molecule has 0 bridgehead atoms. The summed E-state index contributed by atoms with van der Waals surface area (Å²) < 4.78 is 26.6. The van der Waals surface area contributed by atoms with Gasteiger partial charge in [-0.15, -0.1) is 0 Å². The third-order valence-corrected chi connectivity index (χ3v) is 3.51. The number of nitrogens with zero attached hydrogens (tertiary/aromatic N) is 2. The second-order valence-electron chi connectivity index (χ2n) is 5.58. The monoisotopic (exact) mass is 322 g/mol. The zero-order valence-electron chi connectivity index (χ0n) is 13.7. The number of methoxy groups -OCH3 is 2. The standard InChI is InChI=1S/C16H19FN2O4/c1-16(2,17)10-6-9(7-13(22-4)14(10)23-5)12-8-11(15(20)21)18-19(12)3/h6-8H,1-5H3,(H,20,21). The molecule has 0 amide bonds. The second-order valence-corrected chi connectivity index (χ2v) is 5.58. The van der Waals surface area contributed by atoms with Gasteiger partial charge in [0.25, 0.3) is 0 Å². The molecule has 0 spiro atoms. The molecule has 2 rings (SSSR count). The fourth-order valence-electron chi connectivity index (χ4n) is 2.40. The van der Waals surface area contributed by atoms with Crippen LogP contribution in [0.5, 0.6) is 11.5 Å². The van der Waals surface area contributed by atoms with Crippen molar-refractivity contribution >= 4 is 5.97 Å². The van der Waals surface area contributed by atoms with E-state index in [1.807, 2.05) is 0 Å². The molecule has 0 unspecified atom stereocenters. The predicted molar refractivity (Wildman–Crippen MR) is 82.8 cm³/mol. The van der Waals surface area contributed by atoms with Crippen LogP contribution in [0, 0.1) is 0 Å². The number of carboxylic acids is 1. The molecule has 0 fully saturated rings. The van der Waals surface area contributed by atoms with Crippen molar-refractivity contribution in [1.82, 2.24) is 9.78 Å². The average Bonchev–Trinajstić information content (AvgIpc) is 2.87. The van der Waals surface area contributed by atoms with Crippen molar-refractivity contribution in [2.45, 2.75) is 19.5 Å². The Balaban J connectivity index is 2.71. The summed E-state index contributed by atoms with van der Waals surface area (Å²) in [4.78, 5) is 11.1. The van der Waals surface area contributed by atoms with Crippen LogP contribution in [0.1, 0.15) is 29.9 Å². The van der Waals surface area contributed by atoms with E-state index < -0.39 is 11.6 Å². The quantitative estimate of drug-likeness (QED) is 0.916. The van der Waals surface area contributed by atoms with E-state index in [-0.39, 0.29) is 5.69 Å². The number of rotatable bonds is 5. The minimum Gasteiger partial charge on any atom is -0.493 e. The van der Waals surface area contributed by atoms with E-state index in [2.05, 4.69) is 5.10 Å². The fraction of sp³-hybridized carbons (Fsp3) is 0.375. The lowest BCUT2D eigenvalue weighted by Gasteiger charge is -2.21. The number of carbonyl (C=O) groups is 1. The molecule has 6 nitrogen and oxygen atoms in total. The Kier molecular flexibility index (Phi) is 4.31. The summed E-state index contributed by atoms with van der Waals surface area (Å²) in [6.45, 7) is 2.83. The van der Waals surface area contributed by atoms with Crippen LogP contribution >= 0.6 is 0 Å². The van der Waals surface area contributed by atoms with Crippen LogP contribution in [-0.4, -0.2) is 35.1 Å². The lowest BCUT2D eigenvalue weighted by atomic mass is 9.95. The highest BCUT2D eigenvalue weighted by Gasteiger charge is 2.28. The van der Waals surface area contributed by atoms with Crippen LogP contribution in [0.3, 0.4) is 0 Å². The van der Waals surface area contributed by atoms with Crippen molar-refractivity contribution in [3.8, 4) is 22.8 Å². The van der Waals surface area contributed by atoms with Crippen LogP contribution in [0.4, 0.5) is 4.39 Å². The highest BCUT2D eigenvalue weighted by atomic mass is 19.1. The molecule has 0 saturated carbocycles. The van der Waals surface area contributed by atoms with Crippen LogP contribution in [0.25, 0.3) is 11.3 Å². The minimum atomic E-state index is -1.66. The van der Waals surface area contributed by atoms with E-state index in [0.717, 1.165) is 0 Å². The van der Waals surface area contributed by atoms with Crippen molar-refractivity contribution in [3.63, 3.8) is 0 Å². The highest BCUT2D eigenvalue weighted by molar-refractivity contribution is 5.87. The first-order valence-corrected chi connectivity index (χ1v) is 6.92. The van der Waals surface area contributed by atoms with E-state index >= 15 is 0 Å². The maximum atomic E-state index is 14.6. The number of hydrogen-bond donors (Lipinski definition) is 1. The summed E-state index contributed by atoms with van der Waals surface area (Å²) in [6, 6.07) is 4.71. The van der Waals surface area contributed by atoms with Crippen LogP contribution < -0.4 is 9.47 Å². The maximum absolute atomic E-state index is 14.6. The number of carboxylic acid groups (broad SMARTS) is 1. The Morgan fingerprint density at radius 3 is 2.35 bits per heavy atom. The topological polar surface area (TPSA) is 73.6 Å². The molecule has 0 saturated heterocycles. The molecule has 1 aromatic carbocycles. The van der Waals surface area contributed by atoms with E-state index in [1.54, 1.807) is 19.2 Å². The maximum Gasteiger partial charge on any atom is 0.356 e. The fourth-order valence-corrected chi connectivity index (χ4v) is 2.40. The number of aromatic nitrogens is 2. The largest absolute Gasteiger partial charge is 0.493 e. The van der Waals surface area contributed by atoms with Crippen molar-refractivity contribution in [3.05, 3.63) is 29.5 Å². The Labute approximate surface area is 133 Å². The molecule has 0 atom stereocenters. The van der Waals surface area contributed by atoms with Crippen LogP contribution in [-0.2, 0) is 12.7 Å². The minimum absolute atomic E-state index is 0.0849. The van der Waals surface area contributed by atoms with Crippen molar-refractivity contribution in [2.24, 2.45) is 7.05 Å². The van der Waals surface area contributed by atoms with Crippen molar-refractivity contribution in [1.29, 1.82) is 0 Å². The Morgan fingerprint density at radius 2 is 1.91 bits per heavy atom. The van der Waals surface area contributed by atoms with Gasteiger partial charge in [-0.25, -0.2) is 9.18 Å². The highest BCUT2D eigenvalue weighted by Crippen LogP contribution is 2.42. The van der Waals surface area contributed by atoms with Crippen LogP contribution in [0.2, 0.25) is 0 Å². The molecule has 1 N–H and O–H groups in total. The van der Waals surface area contributed by atoms with Crippen LogP contribution in [0.15, 0.2) is 18.2 Å². The SMILES string of the molecule is COc1cc(-c2cc(C(=O)O)nn2C)cc(C(C)(C)F)c1OC. The van der Waals surface area contributed by atoms with Gasteiger partial charge in [0, 0.05) is 18.2 Å². The molecule has 0 radical (unpaired) electrons. The van der Waals surface area contributed by atoms with Gasteiger partial charge in [-0.2, -0.15) is 5.10 Å². The van der Waals surface area contributed by atoms with Crippen molar-refractivity contribution < 1.29 is 23.8 Å². The van der Waals surface area contributed by atoms with Gasteiger partial charge in [-0.1, -0.05) is 0 Å². The average molecular weight is 322 g/mol. The summed E-state index contributed by atoms with van der Waals surface area (Å²) in [5.41, 5.74) is -0.312. The molecular weight excluding hydrogens is 303 g/mol. The summed E-state index contributed by atoms with van der Waals surface area (Å²) in [5, 5.41) is 13.0. The molecule has 1 aromatic heterocycles. The van der Waals surface area contributed by atoms with E-state index in [1.165, 1.54) is 38.8 Å². The van der Waals surface area contributed by atoms with E-state index in [9.17, 15) is 9.18 Å². The molecular formula is C16H19FN2O4. The van der Waals surface area contributed by atoms with Gasteiger partial charge in [0.2, 0.25) is 0 Å². The number of hydrogen-bond acceptors (Lipinski definition) is 4. The number of benzene rings is 1. The molecule has 124 valence electrons. The lowest BCUT2D eigenvalue weighted by Crippen LogP contribution is -2.12. The summed E-state index contributed by atoms with van der Waals surface area (Å²) in [5.74, 6) is -0.452. The van der Waals surface area contributed by atoms with Gasteiger partial charge in [0.05, 0.1) is 19.9 Å². The third-order valence-electron chi connectivity index (χ3n) is 3.51. The molecule has 2 aromatic rings. The second kappa shape index (κ2) is 5.91. The van der Waals surface area contributed by atoms with Gasteiger partial charge < -0.3 is 14.6 Å². The third kappa shape index (κ3) is 3.13. The van der Waals surface area contributed by atoms with Gasteiger partial charge in [0.1, 0.15) is 5.67 Å². The number of alkyl halides is 1. The van der Waals surface area contributed by atoms with Gasteiger partial charge in [-0.3, -0.25) is 4.68 Å². The summed E-state index contributed by atoms with van der Waals surface area (Å²) >= 11 is 0. The summed E-state index contributed by atoms with van der Waals surface area (Å²) in [6.07, 6.45) is 0. The van der Waals surface area contributed by atoms with Crippen molar-refractivity contribution in [2.75, 3.05) is 14.2 Å². The molecule has 23 heavy (non-hydrogen) atoms. The molecule has 0 aliphatic rings. The number of halogens is 1. The normalized spacial score (nSPS) is 11.4. The lowest BCUT2D eigenvalue weighted by molar-refractivity contribution is 0.0689. The zero-order chi connectivity index (χ0) is 17.4. The molecule has 0 aliphatic heterocycles. The molecule has 1 heterocycles. The predicted octanol–water partition coefficient (Wildman–Crippen LogP) is 3.01. The van der Waals surface area contributed by atoms with Gasteiger partial charge in [-0.05, 0) is 32.0 Å². The Hall–Kier alpha value is -2.57. The first kappa shape index (κ1) is 16.8. The molecule has 7 heteroatoms. The zero-order valence-corrected chi connectivity index (χ0v) is 13.7. The number of ether oxygens (including phenoxy) is 2. The first-order chi connectivity index (χ1) is 10.7. The van der Waals surface area contributed by atoms with Gasteiger partial charge >= 0.3 is 5.97 Å². The number of aromatic carboxylic acids is 1. The Bertz CT molecular complexity index is 747. The van der Waals surface area contributed by atoms with E-state index in [4.69, 9.17) is 14.6 Å². The van der Waals surface area contributed by atoms with E-state index in [0.29, 0.717) is 28.3 Å². The van der Waals surface area contributed by atoms with Gasteiger partial charge in [0.15, 0.2) is 17.2 Å². The summed E-state index contributed by atoms with van der Waals surface area (Å²) in [7, 11) is 4.53. The first-order valence-electron chi connectivity index (χ1n) is 6.92. The number of aryl methyl sites for hydroxylation is 1. The Morgan fingerprint density at radius 1 is 1.26 bits per heavy atom. The smallest absolute Gasteiger partial charge is 0.356 e.